The van der Waals surface area contributed by atoms with Gasteiger partial charge in [-0.05, 0) is 42.3 Å². The molecule has 0 aliphatic carbocycles. The molecule has 3 aromatic rings. The topological polar surface area (TPSA) is 89.2 Å². The van der Waals surface area contributed by atoms with Crippen molar-refractivity contribution in [2.75, 3.05) is 19.8 Å². The SMILES string of the molecule is O=C1C(=O)N(CCc2ccccc2)C(c2ccco2)/C1=C(/O)c1ccc2c(c1)OCCO2. The number of nitrogens with zero attached hydrogens (tertiary/aromatic N) is 1. The third-order valence-corrected chi connectivity index (χ3v) is 5.65. The van der Waals surface area contributed by atoms with E-state index in [4.69, 9.17) is 13.9 Å². The minimum atomic E-state index is -0.818. The van der Waals surface area contributed by atoms with E-state index in [1.165, 1.54) is 11.2 Å². The van der Waals surface area contributed by atoms with Crippen LogP contribution in [0.4, 0.5) is 0 Å². The van der Waals surface area contributed by atoms with Gasteiger partial charge >= 0.3 is 0 Å². The van der Waals surface area contributed by atoms with Crippen molar-refractivity contribution in [2.24, 2.45) is 0 Å². The number of furan rings is 1. The molecule has 1 amide bonds. The molecule has 0 spiro atoms. The standard InChI is InChI=1S/C25H21NO6/c27-23(17-8-9-18-20(15-17)32-14-13-31-18)21-22(19-7-4-12-30-19)26(25(29)24(21)28)11-10-16-5-2-1-3-6-16/h1-9,12,15,22,27H,10-11,13-14H2/b23-21-. The second-order valence-corrected chi connectivity index (χ2v) is 7.60. The first-order valence-corrected chi connectivity index (χ1v) is 10.4. The van der Waals surface area contributed by atoms with Crippen molar-refractivity contribution in [3.8, 4) is 11.5 Å². The molecule has 7 heteroatoms. The lowest BCUT2D eigenvalue weighted by atomic mass is 9.99. The van der Waals surface area contributed by atoms with Gasteiger partial charge in [-0.25, -0.2) is 0 Å². The summed E-state index contributed by atoms with van der Waals surface area (Å²) >= 11 is 0. The quantitative estimate of drug-likeness (QED) is 0.376. The molecule has 2 aliphatic heterocycles. The van der Waals surface area contributed by atoms with E-state index < -0.39 is 17.7 Å². The number of amides is 1. The molecular formula is C25H21NO6. The van der Waals surface area contributed by atoms with Gasteiger partial charge in [-0.2, -0.15) is 0 Å². The summed E-state index contributed by atoms with van der Waals surface area (Å²) in [6.07, 6.45) is 2.05. The number of carbonyl (C=O) groups excluding carboxylic acids is 2. The van der Waals surface area contributed by atoms with E-state index >= 15 is 0 Å². The maximum atomic E-state index is 13.0. The lowest BCUT2D eigenvalue weighted by molar-refractivity contribution is -0.140. The predicted molar refractivity (Wildman–Crippen MR) is 115 cm³/mol. The summed E-state index contributed by atoms with van der Waals surface area (Å²) in [6, 6.07) is 17.2. The molecule has 1 atom stereocenters. The van der Waals surface area contributed by atoms with E-state index in [0.717, 1.165) is 5.56 Å². The van der Waals surface area contributed by atoms with E-state index in [2.05, 4.69) is 0 Å². The normalized spacial score (nSPS) is 19.4. The summed E-state index contributed by atoms with van der Waals surface area (Å²) in [6.45, 7) is 1.15. The number of fused-ring (bicyclic) bond motifs is 1. The largest absolute Gasteiger partial charge is 0.507 e. The van der Waals surface area contributed by atoms with Gasteiger partial charge in [0.1, 0.15) is 30.8 Å². The summed E-state index contributed by atoms with van der Waals surface area (Å²) < 4.78 is 16.7. The highest BCUT2D eigenvalue weighted by Crippen LogP contribution is 2.41. The summed E-state index contributed by atoms with van der Waals surface area (Å²) in [5.41, 5.74) is 1.40. The molecule has 1 saturated heterocycles. The lowest BCUT2D eigenvalue weighted by Crippen LogP contribution is -2.31. The molecule has 1 N–H and O–H groups in total. The number of Topliss-reactive ketones (excluding diaryl/α,β-unsaturated/α-hetero) is 1. The number of carbonyl (C=O) groups is 2. The van der Waals surface area contributed by atoms with Crippen LogP contribution >= 0.6 is 0 Å². The summed E-state index contributed by atoms with van der Waals surface area (Å²) in [5.74, 6) is -0.222. The van der Waals surface area contributed by atoms with Crippen molar-refractivity contribution >= 4 is 17.4 Å². The average molecular weight is 431 g/mol. The van der Waals surface area contributed by atoms with Gasteiger partial charge in [0.25, 0.3) is 11.7 Å². The molecule has 0 saturated carbocycles. The molecule has 1 fully saturated rings. The highest BCUT2D eigenvalue weighted by atomic mass is 16.6. The number of rotatable bonds is 5. The Morgan fingerprint density at radius 2 is 1.75 bits per heavy atom. The Balaban J connectivity index is 1.54. The van der Waals surface area contributed by atoms with Crippen LogP contribution in [0.15, 0.2) is 76.9 Å². The molecule has 1 unspecified atom stereocenters. The zero-order valence-corrected chi connectivity index (χ0v) is 17.2. The van der Waals surface area contributed by atoms with Crippen LogP contribution < -0.4 is 9.47 Å². The van der Waals surface area contributed by atoms with Crippen LogP contribution in [0.5, 0.6) is 11.5 Å². The molecule has 0 radical (unpaired) electrons. The van der Waals surface area contributed by atoms with Crippen molar-refractivity contribution in [3.05, 3.63) is 89.4 Å². The summed E-state index contributed by atoms with van der Waals surface area (Å²) in [4.78, 5) is 27.4. The molecule has 32 heavy (non-hydrogen) atoms. The fourth-order valence-corrected chi connectivity index (χ4v) is 4.09. The highest BCUT2D eigenvalue weighted by molar-refractivity contribution is 6.46. The predicted octanol–water partition coefficient (Wildman–Crippen LogP) is 3.72. The van der Waals surface area contributed by atoms with Crippen molar-refractivity contribution in [2.45, 2.75) is 12.5 Å². The number of likely N-dealkylation sites (tertiary alicyclic amines) is 1. The Bertz CT molecular complexity index is 1180. The highest BCUT2D eigenvalue weighted by Gasteiger charge is 2.47. The van der Waals surface area contributed by atoms with E-state index in [1.54, 1.807) is 30.3 Å². The van der Waals surface area contributed by atoms with Gasteiger partial charge in [0.15, 0.2) is 11.5 Å². The Kier molecular flexibility index (Phi) is 5.15. The van der Waals surface area contributed by atoms with Crippen LogP contribution in [0.2, 0.25) is 0 Å². The second kappa shape index (κ2) is 8.26. The van der Waals surface area contributed by atoms with Crippen molar-refractivity contribution in [1.82, 2.24) is 4.90 Å². The Labute approximate surface area is 184 Å². The molecule has 5 rings (SSSR count). The third kappa shape index (κ3) is 3.51. The maximum absolute atomic E-state index is 13.0. The first kappa shape index (κ1) is 19.9. The number of hydrogen-bond acceptors (Lipinski definition) is 6. The average Bonchev–Trinajstić information content (AvgIpc) is 3.45. The van der Waals surface area contributed by atoms with E-state index in [1.807, 2.05) is 30.3 Å². The molecule has 2 aromatic carbocycles. The Morgan fingerprint density at radius 3 is 2.50 bits per heavy atom. The van der Waals surface area contributed by atoms with Gasteiger partial charge in [-0.3, -0.25) is 9.59 Å². The molecule has 7 nitrogen and oxygen atoms in total. The molecule has 3 heterocycles. The first-order chi connectivity index (χ1) is 15.6. The minimum absolute atomic E-state index is 0.00492. The number of ether oxygens (including phenoxy) is 2. The van der Waals surface area contributed by atoms with Crippen LogP contribution in [0.3, 0.4) is 0 Å². The number of aliphatic hydroxyl groups excluding tert-OH is 1. The molecule has 162 valence electrons. The van der Waals surface area contributed by atoms with Crippen LogP contribution in [-0.4, -0.2) is 41.5 Å². The van der Waals surface area contributed by atoms with Gasteiger partial charge in [0.2, 0.25) is 0 Å². The van der Waals surface area contributed by atoms with E-state index in [9.17, 15) is 14.7 Å². The van der Waals surface area contributed by atoms with Crippen molar-refractivity contribution in [1.29, 1.82) is 0 Å². The molecule has 1 aromatic heterocycles. The van der Waals surface area contributed by atoms with Crippen LogP contribution in [0.1, 0.15) is 22.9 Å². The maximum Gasteiger partial charge on any atom is 0.295 e. The van der Waals surface area contributed by atoms with Gasteiger partial charge in [-0.1, -0.05) is 30.3 Å². The number of benzene rings is 2. The molecular weight excluding hydrogens is 410 g/mol. The Hall–Kier alpha value is -4.00. The van der Waals surface area contributed by atoms with E-state index in [-0.39, 0.29) is 11.3 Å². The van der Waals surface area contributed by atoms with Gasteiger partial charge in [0.05, 0.1) is 11.8 Å². The van der Waals surface area contributed by atoms with Gasteiger partial charge in [0, 0.05) is 12.1 Å². The lowest BCUT2D eigenvalue weighted by Gasteiger charge is -2.23. The fourth-order valence-electron chi connectivity index (χ4n) is 4.09. The zero-order valence-electron chi connectivity index (χ0n) is 17.2. The fraction of sp³-hybridized carbons (Fsp3) is 0.200. The number of aliphatic hydroxyl groups is 1. The smallest absolute Gasteiger partial charge is 0.295 e. The van der Waals surface area contributed by atoms with Crippen LogP contribution in [-0.2, 0) is 16.0 Å². The van der Waals surface area contributed by atoms with Crippen molar-refractivity contribution < 1.29 is 28.6 Å². The molecule has 2 aliphatic rings. The van der Waals surface area contributed by atoms with Crippen LogP contribution in [0, 0.1) is 0 Å². The second-order valence-electron chi connectivity index (χ2n) is 7.60. The Morgan fingerprint density at radius 1 is 0.969 bits per heavy atom. The first-order valence-electron chi connectivity index (χ1n) is 10.4. The zero-order chi connectivity index (χ0) is 22.1. The van der Waals surface area contributed by atoms with E-state index in [0.29, 0.717) is 49.0 Å². The van der Waals surface area contributed by atoms with Gasteiger partial charge < -0.3 is 23.9 Å². The summed E-state index contributed by atoms with van der Waals surface area (Å²) in [7, 11) is 0. The number of ketones is 1. The monoisotopic (exact) mass is 431 g/mol. The summed E-state index contributed by atoms with van der Waals surface area (Å²) in [5, 5.41) is 11.1. The van der Waals surface area contributed by atoms with Gasteiger partial charge in [-0.15, -0.1) is 0 Å². The third-order valence-electron chi connectivity index (χ3n) is 5.65. The molecule has 0 bridgehead atoms. The number of hydrogen-bond donors (Lipinski definition) is 1. The van der Waals surface area contributed by atoms with Crippen LogP contribution in [0.25, 0.3) is 5.76 Å². The minimum Gasteiger partial charge on any atom is -0.507 e. The van der Waals surface area contributed by atoms with Crippen molar-refractivity contribution in [3.63, 3.8) is 0 Å².